The minimum absolute atomic E-state index is 0.0120. The van der Waals surface area contributed by atoms with E-state index in [4.69, 9.17) is 16.3 Å². The fourth-order valence-electron chi connectivity index (χ4n) is 4.29. The summed E-state index contributed by atoms with van der Waals surface area (Å²) < 4.78 is 99.5. The lowest BCUT2D eigenvalue weighted by molar-refractivity contribution is 0.376. The molecule has 6 N–H and O–H groups in total. The number of anilines is 1. The van der Waals surface area contributed by atoms with Crippen molar-refractivity contribution in [1.82, 2.24) is 0 Å². The first-order valence-electron chi connectivity index (χ1n) is 12.9. The molecule has 240 valence electrons. The van der Waals surface area contributed by atoms with E-state index in [-0.39, 0.29) is 32.1 Å². The minimum atomic E-state index is -5.15. The molecule has 0 aliphatic rings. The van der Waals surface area contributed by atoms with E-state index in [2.05, 4.69) is 15.0 Å². The Balaban J connectivity index is 1.73. The van der Waals surface area contributed by atoms with Crippen LogP contribution in [0.4, 0.5) is 17.1 Å². The molecule has 5 aromatic carbocycles. The number of fused-ring (bicyclic) bond motifs is 1. The zero-order chi connectivity index (χ0) is 33.4. The van der Waals surface area contributed by atoms with Crippen LogP contribution in [0.5, 0.6) is 17.2 Å². The molecule has 0 atom stereocenters. The Morgan fingerprint density at radius 2 is 1.46 bits per heavy atom. The Bertz CT molecular complexity index is 2210. The summed E-state index contributed by atoms with van der Waals surface area (Å²) in [6.07, 6.45) is 0. The zero-order valence-corrected chi connectivity index (χ0v) is 26.6. The number of para-hydroxylation sites is 1. The first kappa shape index (κ1) is 33.1. The monoisotopic (exact) mass is 705 g/mol. The number of azo groups is 1. The van der Waals surface area contributed by atoms with Crippen molar-refractivity contribution in [3.63, 3.8) is 0 Å². The fourth-order valence-corrected chi connectivity index (χ4v) is 6.74. The third-order valence-electron chi connectivity index (χ3n) is 6.44. The predicted octanol–water partition coefficient (Wildman–Crippen LogP) is 8.34. The second-order valence-corrected chi connectivity index (χ2v) is 14.8. The molecule has 0 heterocycles. The van der Waals surface area contributed by atoms with Crippen molar-refractivity contribution >= 4 is 70.4 Å². The quantitative estimate of drug-likeness (QED) is 0.0636. The second-order valence-electron chi connectivity index (χ2n) is 9.78. The molecule has 5 rings (SSSR count). The summed E-state index contributed by atoms with van der Waals surface area (Å²) in [6.45, 7) is 1.74. The molecular formula is C29H24ClN3O10S3. The summed E-state index contributed by atoms with van der Waals surface area (Å²) in [6, 6.07) is 21.1. The van der Waals surface area contributed by atoms with Crippen molar-refractivity contribution in [2.24, 2.45) is 10.2 Å². The third kappa shape index (κ3) is 7.24. The van der Waals surface area contributed by atoms with Gasteiger partial charge in [0.15, 0.2) is 11.5 Å². The number of rotatable bonds is 9. The van der Waals surface area contributed by atoms with Gasteiger partial charge in [0.2, 0.25) is 0 Å². The lowest BCUT2D eigenvalue weighted by Gasteiger charge is -2.22. The van der Waals surface area contributed by atoms with Gasteiger partial charge in [0.05, 0.1) is 20.9 Å². The summed E-state index contributed by atoms with van der Waals surface area (Å²) in [4.78, 5) is -1.81. The highest BCUT2D eigenvalue weighted by Crippen LogP contribution is 2.51. The summed E-state index contributed by atoms with van der Waals surface area (Å²) in [5.41, 5.74) is -0.543. The summed E-state index contributed by atoms with van der Waals surface area (Å²) in [5.74, 6) is -0.411. The number of nitrogens with one attached hydrogen (secondary N) is 1. The van der Waals surface area contributed by atoms with Gasteiger partial charge in [-0.25, -0.2) is 8.42 Å². The first-order chi connectivity index (χ1) is 21.5. The molecule has 0 fully saturated rings. The van der Waals surface area contributed by atoms with E-state index < -0.39 is 57.9 Å². The zero-order valence-electron chi connectivity index (χ0n) is 23.4. The van der Waals surface area contributed by atoms with E-state index in [0.29, 0.717) is 5.75 Å². The van der Waals surface area contributed by atoms with Crippen LogP contribution in [0.25, 0.3) is 10.8 Å². The number of hydrogen-bond donors (Lipinski definition) is 6. The molecule has 17 heteroatoms. The number of phenols is 1. The summed E-state index contributed by atoms with van der Waals surface area (Å²) in [5, 5.41) is 18.8. The van der Waals surface area contributed by atoms with Gasteiger partial charge < -0.3 is 23.5 Å². The smallest absolute Gasteiger partial charge is 0.296 e. The minimum Gasteiger partial charge on any atom is -0.505 e. The van der Waals surface area contributed by atoms with Crippen molar-refractivity contribution < 1.29 is 44.9 Å². The molecule has 0 amide bonds. The number of sulfonamides is 1. The third-order valence-corrected chi connectivity index (χ3v) is 9.79. The van der Waals surface area contributed by atoms with Gasteiger partial charge in [-0.1, -0.05) is 47.5 Å². The molecule has 46 heavy (non-hydrogen) atoms. The van der Waals surface area contributed by atoms with Crippen LogP contribution in [0.15, 0.2) is 116 Å². The van der Waals surface area contributed by atoms with Crippen molar-refractivity contribution in [2.45, 2.75) is 21.6 Å². The lowest BCUT2D eigenvalue weighted by atomic mass is 10.1. The number of halogens is 1. The van der Waals surface area contributed by atoms with Gasteiger partial charge in [0.1, 0.15) is 32.9 Å². The van der Waals surface area contributed by atoms with Crippen LogP contribution in [0, 0.1) is 6.92 Å². The van der Waals surface area contributed by atoms with Gasteiger partial charge in [-0.2, -0.15) is 8.42 Å². The van der Waals surface area contributed by atoms with E-state index in [1.807, 2.05) is 0 Å². The molecular weight excluding hydrogens is 682 g/mol. The topological polar surface area (TPSA) is 215 Å². The summed E-state index contributed by atoms with van der Waals surface area (Å²) in [7, 11) is -14.0. The van der Waals surface area contributed by atoms with Gasteiger partial charge in [0, 0.05) is 5.02 Å². The predicted molar refractivity (Wildman–Crippen MR) is 173 cm³/mol. The molecule has 0 saturated heterocycles. The van der Waals surface area contributed by atoms with Crippen LogP contribution >= 0.6 is 22.5 Å². The molecule has 0 aromatic heterocycles. The SMILES string of the molecule is Cc1ccc(S(=O)(=O)Nc2cc(S(O)(O)O)cc3cc(S(=O)(=O)O)c(N=Nc4cc(Cl)ccc4Oc4ccccc4)c(O)c23)cc1. The van der Waals surface area contributed by atoms with Gasteiger partial charge >= 0.3 is 0 Å². The van der Waals surface area contributed by atoms with Crippen molar-refractivity contribution in [1.29, 1.82) is 0 Å². The highest BCUT2D eigenvalue weighted by atomic mass is 35.5. The Hall–Kier alpha value is -4.26. The molecule has 13 nitrogen and oxygen atoms in total. The maximum absolute atomic E-state index is 13.3. The largest absolute Gasteiger partial charge is 0.505 e. The molecule has 0 spiro atoms. The average Bonchev–Trinajstić information content (AvgIpc) is 2.97. The maximum Gasteiger partial charge on any atom is 0.296 e. The first-order valence-corrected chi connectivity index (χ1v) is 17.7. The van der Waals surface area contributed by atoms with Crippen molar-refractivity contribution in [3.05, 3.63) is 102 Å². The standard InChI is InChI=1S/C29H24ClN3O10S3/c1-17-7-10-21(11-8-17)44(35,36)33-24-16-22(45(37,38)39)13-18-14-26(46(40,41)42)28(29(34)27(18)24)32-31-23-15-19(30)9-12-25(23)43-20-5-3-2-4-6-20/h2-16,33-34,37-39H,1H3,(H,40,41,42). The highest BCUT2D eigenvalue weighted by Gasteiger charge is 2.28. The second kappa shape index (κ2) is 12.5. The molecule has 0 bridgehead atoms. The van der Waals surface area contributed by atoms with E-state index in [0.717, 1.165) is 23.8 Å². The molecule has 5 aromatic rings. The van der Waals surface area contributed by atoms with Gasteiger partial charge in [-0.3, -0.25) is 9.27 Å². The lowest BCUT2D eigenvalue weighted by Crippen LogP contribution is -2.14. The van der Waals surface area contributed by atoms with Crippen molar-refractivity contribution in [3.8, 4) is 17.2 Å². The molecule has 0 unspecified atom stereocenters. The summed E-state index contributed by atoms with van der Waals surface area (Å²) >= 11 is 6.14. The van der Waals surface area contributed by atoms with Gasteiger partial charge in [0.25, 0.3) is 20.1 Å². The van der Waals surface area contributed by atoms with Crippen LogP contribution < -0.4 is 9.46 Å². The number of nitrogens with zero attached hydrogens (tertiary/aromatic N) is 2. The number of aryl methyl sites for hydroxylation is 1. The van der Waals surface area contributed by atoms with Crippen LogP contribution in [0.2, 0.25) is 5.02 Å². The number of phenolic OH excluding ortho intramolecular Hbond substituents is 1. The van der Waals surface area contributed by atoms with Crippen molar-refractivity contribution in [2.75, 3.05) is 4.72 Å². The number of aromatic hydroxyl groups is 1. The van der Waals surface area contributed by atoms with E-state index in [9.17, 15) is 40.2 Å². The Kier molecular flexibility index (Phi) is 9.00. The Morgan fingerprint density at radius 3 is 2.09 bits per heavy atom. The number of ether oxygens (including phenoxy) is 1. The normalized spacial score (nSPS) is 12.8. The molecule has 0 aliphatic heterocycles. The highest BCUT2D eigenvalue weighted by molar-refractivity contribution is 8.19. The van der Waals surface area contributed by atoms with Gasteiger partial charge in [-0.15, -0.1) is 10.2 Å². The average molecular weight is 706 g/mol. The van der Waals surface area contributed by atoms with Crippen LogP contribution in [0.1, 0.15) is 5.56 Å². The fraction of sp³-hybridized carbons (Fsp3) is 0.0345. The van der Waals surface area contributed by atoms with Gasteiger partial charge in [-0.05, 0) is 73.0 Å². The van der Waals surface area contributed by atoms with E-state index >= 15 is 0 Å². The Labute approximate surface area is 269 Å². The molecule has 0 radical (unpaired) electrons. The van der Waals surface area contributed by atoms with Crippen LogP contribution in [0.3, 0.4) is 0 Å². The van der Waals surface area contributed by atoms with Crippen LogP contribution in [-0.2, 0) is 20.1 Å². The van der Waals surface area contributed by atoms with Crippen LogP contribution in [-0.4, -0.2) is 40.2 Å². The number of hydrogen-bond acceptors (Lipinski definition) is 11. The molecule has 0 aliphatic carbocycles. The number of benzene rings is 5. The molecule has 0 saturated carbocycles. The maximum atomic E-state index is 13.3. The van der Waals surface area contributed by atoms with E-state index in [1.165, 1.54) is 42.5 Å². The Morgan fingerprint density at radius 1 is 0.783 bits per heavy atom. The van der Waals surface area contributed by atoms with E-state index in [1.54, 1.807) is 37.3 Å².